The average molecular weight is 195 g/mol. The Morgan fingerprint density at radius 2 is 2.64 bits per heavy atom. The first-order chi connectivity index (χ1) is 6.75. The zero-order chi connectivity index (χ0) is 9.97. The Morgan fingerprint density at radius 3 is 3.21 bits per heavy atom. The highest BCUT2D eigenvalue weighted by atomic mass is 16.5. The smallest absolute Gasteiger partial charge is 0.230 e. The highest BCUT2D eigenvalue weighted by molar-refractivity contribution is 5.91. The van der Waals surface area contributed by atoms with Gasteiger partial charge < -0.3 is 15.2 Å². The van der Waals surface area contributed by atoms with Gasteiger partial charge in [-0.15, -0.1) is 0 Å². The summed E-state index contributed by atoms with van der Waals surface area (Å²) >= 11 is 0. The molecule has 1 amide bonds. The van der Waals surface area contributed by atoms with Crippen LogP contribution in [0.15, 0.2) is 10.6 Å². The van der Waals surface area contributed by atoms with Crippen LogP contribution in [-0.2, 0) is 4.79 Å². The average Bonchev–Trinajstić information content (AvgIpc) is 2.75. The Morgan fingerprint density at radius 1 is 1.79 bits per heavy atom. The van der Waals surface area contributed by atoms with E-state index in [1.54, 1.807) is 13.0 Å². The maximum absolute atomic E-state index is 11.6. The summed E-state index contributed by atoms with van der Waals surface area (Å²) < 4.78 is 4.85. The molecule has 2 rings (SSSR count). The Bertz CT molecular complexity index is 329. The molecule has 76 valence electrons. The van der Waals surface area contributed by atoms with E-state index in [2.05, 4.69) is 15.8 Å². The lowest BCUT2D eigenvalue weighted by Crippen LogP contribution is -2.24. The van der Waals surface area contributed by atoms with Crippen molar-refractivity contribution in [1.29, 1.82) is 0 Å². The van der Waals surface area contributed by atoms with E-state index in [-0.39, 0.29) is 11.8 Å². The lowest BCUT2D eigenvalue weighted by molar-refractivity contribution is -0.119. The summed E-state index contributed by atoms with van der Waals surface area (Å²) in [5, 5.41) is 9.56. The van der Waals surface area contributed by atoms with Crippen molar-refractivity contribution in [2.45, 2.75) is 13.3 Å². The molecule has 0 aromatic carbocycles. The number of aromatic nitrogens is 1. The molecule has 1 aromatic rings. The molecule has 1 fully saturated rings. The number of carbonyl (C=O) groups excluding carboxylic acids is 1. The van der Waals surface area contributed by atoms with Crippen LogP contribution in [-0.4, -0.2) is 24.2 Å². The molecule has 0 spiro atoms. The zero-order valence-electron chi connectivity index (χ0n) is 8.04. The van der Waals surface area contributed by atoms with E-state index in [4.69, 9.17) is 4.52 Å². The van der Waals surface area contributed by atoms with Crippen molar-refractivity contribution in [3.63, 3.8) is 0 Å². The predicted octanol–water partition coefficient (Wildman–Crippen LogP) is 0.531. The van der Waals surface area contributed by atoms with Gasteiger partial charge in [0.05, 0.1) is 5.92 Å². The van der Waals surface area contributed by atoms with Crippen molar-refractivity contribution in [2.75, 3.05) is 18.4 Å². The van der Waals surface area contributed by atoms with Crippen LogP contribution >= 0.6 is 0 Å². The lowest BCUT2D eigenvalue weighted by atomic mass is 10.1. The second-order valence-electron chi connectivity index (χ2n) is 3.50. The summed E-state index contributed by atoms with van der Waals surface area (Å²) in [6, 6.07) is 1.71. The van der Waals surface area contributed by atoms with E-state index < -0.39 is 0 Å². The molecule has 2 N–H and O–H groups in total. The second-order valence-corrected chi connectivity index (χ2v) is 3.50. The minimum atomic E-state index is 0.0169. The molecular formula is C9H13N3O2. The number of rotatable bonds is 2. The van der Waals surface area contributed by atoms with Gasteiger partial charge in [0, 0.05) is 12.6 Å². The van der Waals surface area contributed by atoms with Gasteiger partial charge in [-0.3, -0.25) is 4.79 Å². The van der Waals surface area contributed by atoms with Crippen LogP contribution < -0.4 is 10.6 Å². The van der Waals surface area contributed by atoms with E-state index in [0.29, 0.717) is 11.6 Å². The molecule has 0 bridgehead atoms. The fraction of sp³-hybridized carbons (Fsp3) is 0.556. The molecule has 1 aliphatic heterocycles. The molecule has 0 radical (unpaired) electrons. The van der Waals surface area contributed by atoms with Crippen molar-refractivity contribution in [3.8, 4) is 0 Å². The van der Waals surface area contributed by atoms with Crippen LogP contribution in [0.25, 0.3) is 0 Å². The number of nitrogens with zero attached hydrogens (tertiary/aromatic N) is 1. The fourth-order valence-corrected chi connectivity index (χ4v) is 1.53. The van der Waals surface area contributed by atoms with E-state index >= 15 is 0 Å². The van der Waals surface area contributed by atoms with Crippen LogP contribution in [0.5, 0.6) is 0 Å². The largest absolute Gasteiger partial charge is 0.360 e. The van der Waals surface area contributed by atoms with E-state index in [1.165, 1.54) is 0 Å². The normalized spacial score (nSPS) is 21.1. The van der Waals surface area contributed by atoms with Crippen molar-refractivity contribution < 1.29 is 9.32 Å². The number of aryl methyl sites for hydroxylation is 1. The molecule has 1 saturated heterocycles. The number of carbonyl (C=O) groups is 1. The van der Waals surface area contributed by atoms with Crippen LogP contribution in [0.4, 0.5) is 5.82 Å². The maximum atomic E-state index is 11.6. The number of hydrogen-bond acceptors (Lipinski definition) is 4. The number of nitrogens with one attached hydrogen (secondary N) is 2. The Balaban J connectivity index is 1.93. The van der Waals surface area contributed by atoms with Crippen molar-refractivity contribution in [2.24, 2.45) is 5.92 Å². The van der Waals surface area contributed by atoms with Gasteiger partial charge in [0.25, 0.3) is 0 Å². The molecule has 5 heteroatoms. The summed E-state index contributed by atoms with van der Waals surface area (Å²) in [6.45, 7) is 3.46. The second kappa shape index (κ2) is 3.79. The topological polar surface area (TPSA) is 67.2 Å². The molecule has 14 heavy (non-hydrogen) atoms. The number of hydrogen-bond donors (Lipinski definition) is 2. The Kier molecular flexibility index (Phi) is 2.49. The summed E-state index contributed by atoms with van der Waals surface area (Å²) in [5.41, 5.74) is 0. The SMILES string of the molecule is Cc1cc(NC(=O)C2CCNC2)no1. The molecule has 1 aliphatic rings. The Hall–Kier alpha value is -1.36. The predicted molar refractivity (Wildman–Crippen MR) is 50.8 cm³/mol. The highest BCUT2D eigenvalue weighted by Gasteiger charge is 2.22. The van der Waals surface area contributed by atoms with Crippen molar-refractivity contribution in [1.82, 2.24) is 10.5 Å². The third-order valence-electron chi connectivity index (χ3n) is 2.31. The van der Waals surface area contributed by atoms with Crippen LogP contribution in [0.1, 0.15) is 12.2 Å². The van der Waals surface area contributed by atoms with E-state index in [0.717, 1.165) is 19.5 Å². The van der Waals surface area contributed by atoms with Gasteiger partial charge >= 0.3 is 0 Å². The monoisotopic (exact) mass is 195 g/mol. The van der Waals surface area contributed by atoms with Crippen LogP contribution in [0.2, 0.25) is 0 Å². The first kappa shape index (κ1) is 9.21. The zero-order valence-corrected chi connectivity index (χ0v) is 8.04. The van der Waals surface area contributed by atoms with E-state index in [1.807, 2.05) is 0 Å². The third-order valence-corrected chi connectivity index (χ3v) is 2.31. The fourth-order valence-electron chi connectivity index (χ4n) is 1.53. The number of amides is 1. The third kappa shape index (κ3) is 1.93. The summed E-state index contributed by atoms with van der Waals surface area (Å²) in [6.07, 6.45) is 0.892. The van der Waals surface area contributed by atoms with Gasteiger partial charge in [-0.05, 0) is 19.9 Å². The van der Waals surface area contributed by atoms with Gasteiger partial charge in [0.15, 0.2) is 5.82 Å². The first-order valence-electron chi connectivity index (χ1n) is 4.70. The lowest BCUT2D eigenvalue weighted by Gasteiger charge is -2.06. The van der Waals surface area contributed by atoms with Gasteiger partial charge in [-0.1, -0.05) is 5.16 Å². The molecule has 0 saturated carbocycles. The number of anilines is 1. The first-order valence-corrected chi connectivity index (χ1v) is 4.70. The van der Waals surface area contributed by atoms with E-state index in [9.17, 15) is 4.79 Å². The summed E-state index contributed by atoms with van der Waals surface area (Å²) in [7, 11) is 0. The quantitative estimate of drug-likeness (QED) is 0.722. The Labute approximate surface area is 81.8 Å². The standard InChI is InChI=1S/C9H13N3O2/c1-6-4-8(12-14-6)11-9(13)7-2-3-10-5-7/h4,7,10H,2-3,5H2,1H3,(H,11,12,13). The molecular weight excluding hydrogens is 182 g/mol. The maximum Gasteiger partial charge on any atom is 0.230 e. The van der Waals surface area contributed by atoms with Gasteiger partial charge in [0.1, 0.15) is 5.76 Å². The highest BCUT2D eigenvalue weighted by Crippen LogP contribution is 2.12. The van der Waals surface area contributed by atoms with Crippen LogP contribution in [0, 0.1) is 12.8 Å². The molecule has 1 unspecified atom stereocenters. The minimum absolute atomic E-state index is 0.0169. The van der Waals surface area contributed by atoms with Gasteiger partial charge in [-0.2, -0.15) is 0 Å². The van der Waals surface area contributed by atoms with Gasteiger partial charge in [0.2, 0.25) is 5.91 Å². The molecule has 2 heterocycles. The molecule has 5 nitrogen and oxygen atoms in total. The minimum Gasteiger partial charge on any atom is -0.360 e. The molecule has 0 aliphatic carbocycles. The summed E-state index contributed by atoms with van der Waals surface area (Å²) in [4.78, 5) is 11.6. The molecule has 1 atom stereocenters. The summed E-state index contributed by atoms with van der Waals surface area (Å²) in [5.74, 6) is 1.28. The van der Waals surface area contributed by atoms with Crippen LogP contribution in [0.3, 0.4) is 0 Å². The van der Waals surface area contributed by atoms with Crippen molar-refractivity contribution in [3.05, 3.63) is 11.8 Å². The van der Waals surface area contributed by atoms with Crippen molar-refractivity contribution >= 4 is 11.7 Å². The van der Waals surface area contributed by atoms with Gasteiger partial charge in [-0.25, -0.2) is 0 Å². The molecule has 1 aromatic heterocycles.